The summed E-state index contributed by atoms with van der Waals surface area (Å²) in [5, 5.41) is 2.18. The zero-order valence-corrected chi connectivity index (χ0v) is 27.9. The summed E-state index contributed by atoms with van der Waals surface area (Å²) in [5.41, 5.74) is 11.7. The van der Waals surface area contributed by atoms with Crippen molar-refractivity contribution in [3.8, 4) is 45.2 Å². The molecule has 246 valence electrons. The molecule has 0 amide bonds. The van der Waals surface area contributed by atoms with E-state index < -0.39 is 0 Å². The third-order valence-corrected chi connectivity index (χ3v) is 9.56. The first kappa shape index (κ1) is 29.8. The summed E-state index contributed by atoms with van der Waals surface area (Å²) >= 11 is 0. The number of furan rings is 2. The van der Waals surface area contributed by atoms with E-state index in [1.807, 2.05) is 60.7 Å². The van der Waals surface area contributed by atoms with Crippen molar-refractivity contribution < 1.29 is 13.3 Å². The van der Waals surface area contributed by atoms with Crippen molar-refractivity contribution in [2.75, 3.05) is 4.90 Å². The van der Waals surface area contributed by atoms with Crippen LogP contribution >= 0.6 is 0 Å². The van der Waals surface area contributed by atoms with E-state index in [1.54, 1.807) is 0 Å². The number of fused-ring (bicyclic) bond motifs is 3. The molecule has 0 aliphatic heterocycles. The summed E-state index contributed by atoms with van der Waals surface area (Å²) in [5.74, 6) is 2.32. The van der Waals surface area contributed by atoms with Gasteiger partial charge in [0, 0.05) is 44.5 Å². The van der Waals surface area contributed by atoms with Crippen LogP contribution in [0.5, 0.6) is 0 Å². The lowest BCUT2D eigenvalue weighted by Crippen LogP contribution is -2.09. The minimum Gasteiger partial charge on any atom is -0.456 e. The monoisotopic (exact) mass is 670 g/mol. The largest absolute Gasteiger partial charge is 0.456 e. The molecule has 0 N–H and O–H groups in total. The van der Waals surface area contributed by atoms with Crippen molar-refractivity contribution in [1.29, 1.82) is 0 Å². The molecule has 3 heterocycles. The maximum atomic E-state index is 6.17. The first-order valence-corrected chi connectivity index (χ1v) is 17.3. The average molecular weight is 671 g/mol. The van der Waals surface area contributed by atoms with Gasteiger partial charge in [0.25, 0.3) is 0 Å². The van der Waals surface area contributed by atoms with Crippen LogP contribution in [0, 0.1) is 0 Å². The van der Waals surface area contributed by atoms with Gasteiger partial charge in [-0.25, -0.2) is 4.98 Å². The Kier molecular flexibility index (Phi) is 7.07. The molecule has 0 aliphatic carbocycles. The second-order valence-electron chi connectivity index (χ2n) is 12.8. The lowest BCUT2D eigenvalue weighted by molar-refractivity contribution is 0.620. The van der Waals surface area contributed by atoms with Crippen LogP contribution < -0.4 is 4.90 Å². The maximum Gasteiger partial charge on any atom is 0.227 e. The van der Waals surface area contributed by atoms with E-state index >= 15 is 0 Å². The van der Waals surface area contributed by atoms with E-state index in [4.69, 9.17) is 13.3 Å². The van der Waals surface area contributed by atoms with Crippen molar-refractivity contribution in [2.24, 2.45) is 0 Å². The smallest absolute Gasteiger partial charge is 0.227 e. The Balaban J connectivity index is 0.980. The van der Waals surface area contributed by atoms with Crippen LogP contribution in [0.3, 0.4) is 0 Å². The predicted molar refractivity (Wildman–Crippen MR) is 210 cm³/mol. The number of benzene rings is 7. The Labute approximate surface area is 299 Å². The summed E-state index contributed by atoms with van der Waals surface area (Å²) in [6.07, 6.45) is 0. The van der Waals surface area contributed by atoms with Gasteiger partial charge in [0.15, 0.2) is 5.58 Å². The number of oxazole rings is 1. The predicted octanol–water partition coefficient (Wildman–Crippen LogP) is 13.5. The molecule has 5 heteroatoms. The van der Waals surface area contributed by atoms with Gasteiger partial charge >= 0.3 is 0 Å². The summed E-state index contributed by atoms with van der Waals surface area (Å²) in [6.45, 7) is 0. The van der Waals surface area contributed by atoms with Crippen molar-refractivity contribution in [1.82, 2.24) is 4.98 Å². The summed E-state index contributed by atoms with van der Waals surface area (Å²) < 4.78 is 18.3. The summed E-state index contributed by atoms with van der Waals surface area (Å²) in [4.78, 5) is 6.92. The first-order chi connectivity index (χ1) is 25.7. The number of hydrogen-bond donors (Lipinski definition) is 0. The molecule has 0 bridgehead atoms. The van der Waals surface area contributed by atoms with Gasteiger partial charge < -0.3 is 18.2 Å². The van der Waals surface area contributed by atoms with Gasteiger partial charge in [0.1, 0.15) is 28.2 Å². The topological polar surface area (TPSA) is 55.6 Å². The number of para-hydroxylation sites is 4. The second-order valence-corrected chi connectivity index (χ2v) is 12.8. The quantitative estimate of drug-likeness (QED) is 0.169. The maximum absolute atomic E-state index is 6.17. The molecule has 7 aromatic carbocycles. The molecule has 10 rings (SSSR count). The molecule has 0 unspecified atom stereocenters. The Bertz CT molecular complexity index is 2610. The van der Waals surface area contributed by atoms with Crippen molar-refractivity contribution in [3.05, 3.63) is 182 Å². The van der Waals surface area contributed by atoms with Gasteiger partial charge in [-0.2, -0.15) is 0 Å². The highest BCUT2D eigenvalue weighted by atomic mass is 16.3. The fourth-order valence-electron chi connectivity index (χ4n) is 6.85. The lowest BCUT2D eigenvalue weighted by atomic mass is 10.0. The van der Waals surface area contributed by atoms with Crippen LogP contribution in [0.15, 0.2) is 195 Å². The first-order valence-electron chi connectivity index (χ1n) is 17.3. The number of anilines is 3. The molecule has 0 spiro atoms. The molecular weight excluding hydrogens is 641 g/mol. The Morgan fingerprint density at radius 1 is 0.346 bits per heavy atom. The fourth-order valence-corrected chi connectivity index (χ4v) is 6.85. The molecule has 0 aliphatic rings. The minimum atomic E-state index is 0.622. The molecule has 52 heavy (non-hydrogen) atoms. The summed E-state index contributed by atoms with van der Waals surface area (Å²) in [7, 11) is 0. The van der Waals surface area contributed by atoms with E-state index in [2.05, 4.69) is 131 Å². The standard InChI is InChI=1S/C47H30N2O3/c1-4-10-42-36(7-1)29-45(50-42)33-19-25-39(26-20-33)49(40-27-21-34(22-28-40)46-30-37-8-2-5-11-43(37)51-46)38-23-17-32(18-24-38)31-13-15-35(16-14-31)47-48-41-9-3-6-12-44(41)52-47/h1-30H. The van der Waals surface area contributed by atoms with Crippen LogP contribution in [-0.4, -0.2) is 4.98 Å². The normalized spacial score (nSPS) is 11.5. The fraction of sp³-hybridized carbons (Fsp3) is 0. The Morgan fingerprint density at radius 2 is 0.750 bits per heavy atom. The van der Waals surface area contributed by atoms with E-state index in [9.17, 15) is 0 Å². The second kappa shape index (κ2) is 12.3. The highest BCUT2D eigenvalue weighted by Gasteiger charge is 2.16. The van der Waals surface area contributed by atoms with Gasteiger partial charge in [0.2, 0.25) is 5.89 Å². The number of aromatic nitrogens is 1. The molecule has 0 atom stereocenters. The van der Waals surface area contributed by atoms with Crippen LogP contribution in [-0.2, 0) is 0 Å². The van der Waals surface area contributed by atoms with Crippen molar-refractivity contribution >= 4 is 50.1 Å². The number of hydrogen-bond acceptors (Lipinski definition) is 5. The molecule has 10 aromatic rings. The van der Waals surface area contributed by atoms with Crippen LogP contribution in [0.1, 0.15) is 0 Å². The number of nitrogens with zero attached hydrogens (tertiary/aromatic N) is 2. The van der Waals surface area contributed by atoms with Gasteiger partial charge in [0.05, 0.1) is 0 Å². The third-order valence-electron chi connectivity index (χ3n) is 9.56. The molecule has 5 nitrogen and oxygen atoms in total. The van der Waals surface area contributed by atoms with Gasteiger partial charge in [-0.05, 0) is 120 Å². The Hall–Kier alpha value is -7.11. The van der Waals surface area contributed by atoms with E-state index in [-0.39, 0.29) is 0 Å². The molecule has 0 fully saturated rings. The molecule has 0 saturated heterocycles. The molecular formula is C47H30N2O3. The average Bonchev–Trinajstić information content (AvgIpc) is 3.96. The van der Waals surface area contributed by atoms with Crippen LogP contribution in [0.25, 0.3) is 78.3 Å². The van der Waals surface area contributed by atoms with E-state index in [1.165, 1.54) is 0 Å². The van der Waals surface area contributed by atoms with E-state index in [0.717, 1.165) is 89.4 Å². The van der Waals surface area contributed by atoms with Gasteiger partial charge in [-0.1, -0.05) is 72.8 Å². The van der Waals surface area contributed by atoms with Gasteiger partial charge in [-0.15, -0.1) is 0 Å². The van der Waals surface area contributed by atoms with Crippen LogP contribution in [0.4, 0.5) is 17.1 Å². The SMILES string of the molecule is c1ccc2oc(-c3ccc(N(c4ccc(-c5ccc(-c6nc7ccccc7o6)cc5)cc4)c4ccc(-c5cc6ccccc6o5)cc4)cc3)cc2c1. The zero-order chi connectivity index (χ0) is 34.4. The number of rotatable bonds is 7. The molecule has 0 radical (unpaired) electrons. The zero-order valence-electron chi connectivity index (χ0n) is 27.9. The summed E-state index contributed by atoms with van der Waals surface area (Å²) in [6, 6.07) is 62.3. The van der Waals surface area contributed by atoms with Crippen molar-refractivity contribution in [3.63, 3.8) is 0 Å². The lowest BCUT2D eigenvalue weighted by Gasteiger charge is -2.26. The molecule has 0 saturated carbocycles. The highest BCUT2D eigenvalue weighted by molar-refractivity contribution is 5.86. The highest BCUT2D eigenvalue weighted by Crippen LogP contribution is 2.39. The third kappa shape index (κ3) is 5.42. The molecule has 3 aromatic heterocycles. The van der Waals surface area contributed by atoms with E-state index in [0.29, 0.717) is 5.89 Å². The minimum absolute atomic E-state index is 0.622. The Morgan fingerprint density at radius 3 is 1.23 bits per heavy atom. The van der Waals surface area contributed by atoms with Crippen LogP contribution in [0.2, 0.25) is 0 Å². The van der Waals surface area contributed by atoms with Gasteiger partial charge in [-0.3, -0.25) is 0 Å². The van der Waals surface area contributed by atoms with Crippen molar-refractivity contribution in [2.45, 2.75) is 0 Å².